The van der Waals surface area contributed by atoms with Gasteiger partial charge in [-0.15, -0.1) is 0 Å². The summed E-state index contributed by atoms with van der Waals surface area (Å²) >= 11 is 3.43. The monoisotopic (exact) mass is 520 g/mol. The van der Waals surface area contributed by atoms with Crippen LogP contribution in [-0.4, -0.2) is 43.6 Å². The van der Waals surface area contributed by atoms with Crippen molar-refractivity contribution in [1.82, 2.24) is 29.9 Å². The fourth-order valence-electron chi connectivity index (χ4n) is 4.17. The van der Waals surface area contributed by atoms with Crippen molar-refractivity contribution in [2.75, 3.05) is 13.1 Å². The number of nitrogens with zero attached hydrogens (tertiary/aromatic N) is 5. The van der Waals surface area contributed by atoms with Crippen molar-refractivity contribution >= 4 is 21.8 Å². The second-order valence-electron chi connectivity index (χ2n) is 8.45. The number of rotatable bonds is 7. The zero-order valence-electron chi connectivity index (χ0n) is 18.6. The highest BCUT2D eigenvalue weighted by Gasteiger charge is 2.26. The molecule has 1 N–H and O–H groups in total. The molecule has 174 valence electrons. The highest BCUT2D eigenvalue weighted by atomic mass is 79.9. The summed E-state index contributed by atoms with van der Waals surface area (Å²) < 4.78 is 8.42. The van der Waals surface area contributed by atoms with Gasteiger partial charge in [-0.3, -0.25) is 9.69 Å². The highest BCUT2D eigenvalue weighted by molar-refractivity contribution is 9.10. The van der Waals surface area contributed by atoms with E-state index in [1.54, 1.807) is 12.5 Å². The molecule has 0 aliphatic carbocycles. The Balaban J connectivity index is 1.13. The Morgan fingerprint density at radius 2 is 1.97 bits per heavy atom. The Hall–Kier alpha value is -3.30. The van der Waals surface area contributed by atoms with Gasteiger partial charge in [-0.25, -0.2) is 4.98 Å². The molecule has 1 saturated heterocycles. The third kappa shape index (κ3) is 5.43. The molecule has 1 fully saturated rings. The Bertz CT molecular complexity index is 1220. The van der Waals surface area contributed by atoms with E-state index < -0.39 is 0 Å². The number of hydrogen-bond acceptors (Lipinski definition) is 6. The summed E-state index contributed by atoms with van der Waals surface area (Å²) in [6.45, 7) is 2.65. The second kappa shape index (κ2) is 10.3. The second-order valence-corrected chi connectivity index (χ2v) is 9.36. The standard InChI is InChI=1S/C25H25BrN6O2/c26-21-7-5-19(6-8-21)24-29-23(34-30-24)16-31-12-1-2-20(15-31)25(33)28-14-18-3-9-22(10-4-18)32-13-11-27-17-32/h3-11,13,17,20H,1-2,12,14-16H2,(H,28,33). The van der Waals surface area contributed by atoms with Gasteiger partial charge in [0, 0.05) is 41.2 Å². The summed E-state index contributed by atoms with van der Waals surface area (Å²) in [5, 5.41) is 7.21. The molecule has 3 heterocycles. The van der Waals surface area contributed by atoms with E-state index in [9.17, 15) is 4.79 Å². The van der Waals surface area contributed by atoms with E-state index >= 15 is 0 Å². The van der Waals surface area contributed by atoms with E-state index in [1.165, 1.54) is 0 Å². The molecular formula is C25H25BrN6O2. The molecule has 5 rings (SSSR count). The minimum atomic E-state index is -0.0483. The zero-order valence-corrected chi connectivity index (χ0v) is 20.2. The molecule has 0 spiro atoms. The highest BCUT2D eigenvalue weighted by Crippen LogP contribution is 2.22. The molecule has 0 bridgehead atoms. The number of likely N-dealkylation sites (tertiary alicyclic amines) is 1. The first-order valence-electron chi connectivity index (χ1n) is 11.3. The molecule has 1 amide bonds. The molecule has 1 atom stereocenters. The van der Waals surface area contributed by atoms with Crippen LogP contribution in [0.3, 0.4) is 0 Å². The summed E-state index contributed by atoms with van der Waals surface area (Å²) in [4.78, 5) is 23.7. The average Bonchev–Trinajstić information content (AvgIpc) is 3.56. The number of aromatic nitrogens is 4. The van der Waals surface area contributed by atoms with E-state index in [0.29, 0.717) is 31.3 Å². The lowest BCUT2D eigenvalue weighted by Gasteiger charge is -2.30. The molecule has 0 radical (unpaired) electrons. The first kappa shape index (κ1) is 22.5. The van der Waals surface area contributed by atoms with Gasteiger partial charge in [-0.1, -0.05) is 33.2 Å². The first-order chi connectivity index (χ1) is 16.6. The maximum absolute atomic E-state index is 12.8. The van der Waals surface area contributed by atoms with E-state index in [1.807, 2.05) is 59.3 Å². The minimum absolute atomic E-state index is 0.0483. The summed E-state index contributed by atoms with van der Waals surface area (Å²) in [7, 11) is 0. The molecule has 1 aliphatic heterocycles. The lowest BCUT2D eigenvalue weighted by atomic mass is 9.97. The lowest BCUT2D eigenvalue weighted by molar-refractivity contribution is -0.127. The number of amides is 1. The van der Waals surface area contributed by atoms with Crippen LogP contribution in [0.4, 0.5) is 0 Å². The van der Waals surface area contributed by atoms with Gasteiger partial charge in [-0.2, -0.15) is 4.98 Å². The van der Waals surface area contributed by atoms with Crippen molar-refractivity contribution in [3.05, 3.63) is 83.2 Å². The largest absolute Gasteiger partial charge is 0.352 e. The number of hydrogen-bond donors (Lipinski definition) is 1. The van der Waals surface area contributed by atoms with Gasteiger partial charge in [0.1, 0.15) is 0 Å². The van der Waals surface area contributed by atoms with E-state index in [2.05, 4.69) is 41.3 Å². The summed E-state index contributed by atoms with van der Waals surface area (Å²) in [5.41, 5.74) is 3.02. The number of piperidine rings is 1. The summed E-state index contributed by atoms with van der Waals surface area (Å²) in [6, 6.07) is 15.9. The predicted molar refractivity (Wildman–Crippen MR) is 131 cm³/mol. The molecule has 2 aromatic heterocycles. The molecule has 8 nitrogen and oxygen atoms in total. The van der Waals surface area contributed by atoms with Crippen LogP contribution >= 0.6 is 15.9 Å². The average molecular weight is 521 g/mol. The number of nitrogens with one attached hydrogen (secondary N) is 1. The normalized spacial score (nSPS) is 16.4. The van der Waals surface area contributed by atoms with Crippen LogP contribution in [0.25, 0.3) is 17.1 Å². The molecule has 34 heavy (non-hydrogen) atoms. The number of benzene rings is 2. The van der Waals surface area contributed by atoms with Gasteiger partial charge in [0.15, 0.2) is 0 Å². The van der Waals surface area contributed by atoms with Crippen LogP contribution < -0.4 is 5.32 Å². The molecular weight excluding hydrogens is 496 g/mol. The van der Waals surface area contributed by atoms with Crippen molar-refractivity contribution in [2.45, 2.75) is 25.9 Å². The van der Waals surface area contributed by atoms with Crippen molar-refractivity contribution < 1.29 is 9.32 Å². The van der Waals surface area contributed by atoms with Gasteiger partial charge >= 0.3 is 0 Å². The van der Waals surface area contributed by atoms with Crippen LogP contribution in [0, 0.1) is 5.92 Å². The Kier molecular flexibility index (Phi) is 6.82. The number of carbonyl (C=O) groups is 1. The number of halogens is 1. The lowest BCUT2D eigenvalue weighted by Crippen LogP contribution is -2.42. The van der Waals surface area contributed by atoms with Crippen molar-refractivity contribution in [3.63, 3.8) is 0 Å². The maximum Gasteiger partial charge on any atom is 0.241 e. The van der Waals surface area contributed by atoms with Crippen molar-refractivity contribution in [1.29, 1.82) is 0 Å². The first-order valence-corrected chi connectivity index (χ1v) is 12.1. The summed E-state index contributed by atoms with van der Waals surface area (Å²) in [6.07, 6.45) is 7.27. The smallest absolute Gasteiger partial charge is 0.241 e. The third-order valence-electron chi connectivity index (χ3n) is 6.01. The zero-order chi connectivity index (χ0) is 23.3. The third-order valence-corrected chi connectivity index (χ3v) is 6.54. The van der Waals surface area contributed by atoms with E-state index in [-0.39, 0.29) is 11.8 Å². The molecule has 4 aromatic rings. The molecule has 1 unspecified atom stereocenters. The van der Waals surface area contributed by atoms with Crippen LogP contribution in [0.5, 0.6) is 0 Å². The van der Waals surface area contributed by atoms with Gasteiger partial charge in [0.2, 0.25) is 17.6 Å². The Labute approximate surface area is 206 Å². The van der Waals surface area contributed by atoms with Crippen molar-refractivity contribution in [2.24, 2.45) is 5.92 Å². The van der Waals surface area contributed by atoms with Crippen LogP contribution in [0.1, 0.15) is 24.3 Å². The molecule has 1 aliphatic rings. The van der Waals surface area contributed by atoms with E-state index in [4.69, 9.17) is 4.52 Å². The van der Waals surface area contributed by atoms with Crippen LogP contribution in [0.15, 0.2) is 76.2 Å². The van der Waals surface area contributed by atoms with Gasteiger partial charge in [-0.05, 0) is 61.3 Å². The Morgan fingerprint density at radius 1 is 1.15 bits per heavy atom. The summed E-state index contributed by atoms with van der Waals surface area (Å²) in [5.74, 6) is 1.18. The van der Waals surface area contributed by atoms with Crippen LogP contribution in [0.2, 0.25) is 0 Å². The quantitative estimate of drug-likeness (QED) is 0.392. The molecule has 9 heteroatoms. The molecule has 2 aromatic carbocycles. The predicted octanol–water partition coefficient (Wildman–Crippen LogP) is 4.21. The SMILES string of the molecule is O=C(NCc1ccc(-n2ccnc2)cc1)C1CCCN(Cc2nc(-c3ccc(Br)cc3)no2)C1. The van der Waals surface area contributed by atoms with Gasteiger partial charge < -0.3 is 14.4 Å². The van der Waals surface area contributed by atoms with Crippen LogP contribution in [-0.2, 0) is 17.9 Å². The minimum Gasteiger partial charge on any atom is -0.352 e. The van der Waals surface area contributed by atoms with Crippen molar-refractivity contribution in [3.8, 4) is 17.1 Å². The number of imidazole rings is 1. The van der Waals surface area contributed by atoms with Gasteiger partial charge in [0.25, 0.3) is 0 Å². The number of carbonyl (C=O) groups excluding carboxylic acids is 1. The Morgan fingerprint density at radius 3 is 2.74 bits per heavy atom. The maximum atomic E-state index is 12.8. The van der Waals surface area contributed by atoms with E-state index in [0.717, 1.165) is 40.7 Å². The fraction of sp³-hybridized carbons (Fsp3) is 0.280. The molecule has 0 saturated carbocycles. The van der Waals surface area contributed by atoms with Gasteiger partial charge in [0.05, 0.1) is 18.8 Å². The topological polar surface area (TPSA) is 89.1 Å². The fourth-order valence-corrected chi connectivity index (χ4v) is 4.44.